The van der Waals surface area contributed by atoms with E-state index in [9.17, 15) is 8.42 Å². The molecule has 1 rings (SSSR count). The Morgan fingerprint density at radius 1 is 1.32 bits per heavy atom. The summed E-state index contributed by atoms with van der Waals surface area (Å²) in [4.78, 5) is 0. The van der Waals surface area contributed by atoms with E-state index >= 15 is 0 Å². The summed E-state index contributed by atoms with van der Waals surface area (Å²) in [5.41, 5.74) is 0.234. The van der Waals surface area contributed by atoms with Crippen molar-refractivity contribution in [3.8, 4) is 0 Å². The summed E-state index contributed by atoms with van der Waals surface area (Å²) >= 11 is 0. The third-order valence-corrected chi connectivity index (χ3v) is 3.97. The van der Waals surface area contributed by atoms with E-state index in [0.29, 0.717) is 24.7 Å². The molecule has 0 saturated heterocycles. The fourth-order valence-corrected chi connectivity index (χ4v) is 3.38. The minimum atomic E-state index is -3.83. The van der Waals surface area contributed by atoms with Crippen molar-refractivity contribution in [3.63, 3.8) is 0 Å². The maximum atomic E-state index is 11.4. The first-order chi connectivity index (χ1) is 8.54. The highest BCUT2D eigenvalue weighted by Crippen LogP contribution is 2.26. The maximum Gasteiger partial charge on any atom is 0.296 e. The highest BCUT2D eigenvalue weighted by Gasteiger charge is 2.23. The Morgan fingerprint density at radius 3 is 2.32 bits per heavy atom. The molecule has 0 aromatic carbocycles. The molecule has 0 bridgehead atoms. The van der Waals surface area contributed by atoms with Crippen LogP contribution in [0.25, 0.3) is 0 Å². The second-order valence-corrected chi connectivity index (χ2v) is 8.61. The van der Waals surface area contributed by atoms with Crippen molar-refractivity contribution in [1.82, 2.24) is 14.8 Å². The summed E-state index contributed by atoms with van der Waals surface area (Å²) in [7, 11) is 1.51. The SMILES string of the molecule is CCn1c(CC(C)CC(C)(C)C)nnc1S(=O)(=O)Cl. The van der Waals surface area contributed by atoms with E-state index in [0.717, 1.165) is 6.42 Å². The van der Waals surface area contributed by atoms with Gasteiger partial charge in [-0.05, 0) is 24.7 Å². The van der Waals surface area contributed by atoms with Crippen molar-refractivity contribution in [3.05, 3.63) is 5.82 Å². The van der Waals surface area contributed by atoms with Crippen LogP contribution in [0.5, 0.6) is 0 Å². The van der Waals surface area contributed by atoms with Crippen LogP contribution >= 0.6 is 10.7 Å². The fraction of sp³-hybridized carbons (Fsp3) is 0.833. The van der Waals surface area contributed by atoms with Gasteiger partial charge >= 0.3 is 0 Å². The second-order valence-electron chi connectivity index (χ2n) is 6.15. The molecule has 1 aromatic rings. The molecule has 0 aliphatic carbocycles. The van der Waals surface area contributed by atoms with Gasteiger partial charge in [0.1, 0.15) is 5.82 Å². The highest BCUT2D eigenvalue weighted by atomic mass is 35.7. The van der Waals surface area contributed by atoms with Gasteiger partial charge in [-0.2, -0.15) is 0 Å². The molecule has 1 aromatic heterocycles. The van der Waals surface area contributed by atoms with Crippen molar-refractivity contribution < 1.29 is 8.42 Å². The molecule has 110 valence electrons. The standard InChI is InChI=1S/C12H22ClN3O2S/c1-6-16-10(7-9(2)8-12(3,4)5)14-15-11(16)19(13,17)18/h9H,6-8H2,1-5H3. The molecule has 1 heterocycles. The first kappa shape index (κ1) is 16.4. The molecule has 0 N–H and O–H groups in total. The lowest BCUT2D eigenvalue weighted by Gasteiger charge is -2.23. The summed E-state index contributed by atoms with van der Waals surface area (Å²) in [5, 5.41) is 7.52. The van der Waals surface area contributed by atoms with Gasteiger partial charge in [0.05, 0.1) is 0 Å². The van der Waals surface area contributed by atoms with Crippen molar-refractivity contribution in [1.29, 1.82) is 0 Å². The molecule has 0 saturated carbocycles. The van der Waals surface area contributed by atoms with Crippen LogP contribution in [0.2, 0.25) is 0 Å². The summed E-state index contributed by atoms with van der Waals surface area (Å²) in [6.45, 7) is 11.0. The van der Waals surface area contributed by atoms with Crippen molar-refractivity contribution in [2.24, 2.45) is 11.3 Å². The number of halogens is 1. The van der Waals surface area contributed by atoms with Gasteiger partial charge < -0.3 is 4.57 Å². The zero-order chi connectivity index (χ0) is 14.8. The lowest BCUT2D eigenvalue weighted by molar-refractivity contribution is 0.301. The van der Waals surface area contributed by atoms with E-state index < -0.39 is 9.05 Å². The quantitative estimate of drug-likeness (QED) is 0.785. The zero-order valence-corrected chi connectivity index (χ0v) is 13.7. The summed E-state index contributed by atoms with van der Waals surface area (Å²) in [6.07, 6.45) is 1.73. The lowest BCUT2D eigenvalue weighted by atomic mass is 9.84. The molecule has 0 spiro atoms. The normalized spacial score (nSPS) is 14.6. The Morgan fingerprint density at radius 2 is 1.89 bits per heavy atom. The number of rotatable bonds is 5. The highest BCUT2D eigenvalue weighted by molar-refractivity contribution is 8.13. The first-order valence-electron chi connectivity index (χ1n) is 6.41. The Labute approximate surface area is 119 Å². The number of hydrogen-bond donors (Lipinski definition) is 0. The predicted molar refractivity (Wildman–Crippen MR) is 75.7 cm³/mol. The molecule has 1 unspecified atom stereocenters. The summed E-state index contributed by atoms with van der Waals surface area (Å²) in [6, 6.07) is 0. The molecular weight excluding hydrogens is 286 g/mol. The summed E-state index contributed by atoms with van der Waals surface area (Å²) < 4.78 is 24.3. The number of hydrogen-bond acceptors (Lipinski definition) is 4. The van der Waals surface area contributed by atoms with Gasteiger partial charge in [0.25, 0.3) is 14.2 Å². The topological polar surface area (TPSA) is 64.8 Å². The first-order valence-corrected chi connectivity index (χ1v) is 8.72. The van der Waals surface area contributed by atoms with Crippen LogP contribution in [0, 0.1) is 11.3 Å². The lowest BCUT2D eigenvalue weighted by Crippen LogP contribution is -2.16. The van der Waals surface area contributed by atoms with Crippen molar-refractivity contribution in [2.45, 2.75) is 59.2 Å². The van der Waals surface area contributed by atoms with E-state index in [-0.39, 0.29) is 10.6 Å². The molecule has 19 heavy (non-hydrogen) atoms. The van der Waals surface area contributed by atoms with Crippen molar-refractivity contribution in [2.75, 3.05) is 0 Å². The van der Waals surface area contributed by atoms with Crippen LogP contribution in [0.1, 0.15) is 46.9 Å². The molecule has 7 heteroatoms. The van der Waals surface area contributed by atoms with E-state index in [1.807, 2.05) is 6.92 Å². The summed E-state index contributed by atoms with van der Waals surface area (Å²) in [5.74, 6) is 1.08. The number of nitrogens with zero attached hydrogens (tertiary/aromatic N) is 3. The van der Waals surface area contributed by atoms with Crippen LogP contribution < -0.4 is 0 Å². The number of aromatic nitrogens is 3. The molecule has 0 radical (unpaired) electrons. The van der Waals surface area contributed by atoms with Gasteiger partial charge in [-0.25, -0.2) is 8.42 Å². The largest absolute Gasteiger partial charge is 0.301 e. The molecular formula is C12H22ClN3O2S. The van der Waals surface area contributed by atoms with Gasteiger partial charge in [-0.3, -0.25) is 0 Å². The molecule has 5 nitrogen and oxygen atoms in total. The third kappa shape index (κ3) is 4.76. The molecule has 0 fully saturated rings. The van der Waals surface area contributed by atoms with Crippen LogP contribution in [0.4, 0.5) is 0 Å². The van der Waals surface area contributed by atoms with E-state index in [1.54, 1.807) is 4.57 Å². The molecule has 0 aliphatic rings. The average Bonchev–Trinajstić information content (AvgIpc) is 2.56. The Balaban J connectivity index is 2.94. The Bertz CT molecular complexity index is 532. The minimum Gasteiger partial charge on any atom is -0.301 e. The van der Waals surface area contributed by atoms with E-state index in [2.05, 4.69) is 37.9 Å². The monoisotopic (exact) mass is 307 g/mol. The third-order valence-electron chi connectivity index (χ3n) is 2.82. The Kier molecular flexibility index (Phi) is 5.01. The van der Waals surface area contributed by atoms with Crippen LogP contribution in [-0.2, 0) is 22.0 Å². The van der Waals surface area contributed by atoms with Gasteiger partial charge in [0.15, 0.2) is 0 Å². The molecule has 0 aliphatic heterocycles. The van der Waals surface area contributed by atoms with E-state index in [1.165, 1.54) is 0 Å². The Hall–Kier alpha value is -0.620. The van der Waals surface area contributed by atoms with Gasteiger partial charge in [-0.1, -0.05) is 27.7 Å². The van der Waals surface area contributed by atoms with Crippen molar-refractivity contribution >= 4 is 19.7 Å². The van der Waals surface area contributed by atoms with Crippen LogP contribution in [-0.4, -0.2) is 23.2 Å². The maximum absolute atomic E-state index is 11.4. The average molecular weight is 308 g/mol. The van der Waals surface area contributed by atoms with Crippen LogP contribution in [0.3, 0.4) is 0 Å². The van der Waals surface area contributed by atoms with Gasteiger partial charge in [0.2, 0.25) is 0 Å². The van der Waals surface area contributed by atoms with E-state index in [4.69, 9.17) is 10.7 Å². The minimum absolute atomic E-state index is 0.158. The second kappa shape index (κ2) is 5.79. The van der Waals surface area contributed by atoms with Gasteiger partial charge in [-0.15, -0.1) is 10.2 Å². The van der Waals surface area contributed by atoms with Gasteiger partial charge in [0, 0.05) is 23.6 Å². The zero-order valence-electron chi connectivity index (χ0n) is 12.1. The smallest absolute Gasteiger partial charge is 0.296 e. The van der Waals surface area contributed by atoms with Crippen LogP contribution in [0.15, 0.2) is 5.16 Å². The fourth-order valence-electron chi connectivity index (χ4n) is 2.40. The predicted octanol–water partition coefficient (Wildman–Crippen LogP) is 2.84. The molecule has 1 atom stereocenters. The molecule has 0 amide bonds.